The predicted octanol–water partition coefficient (Wildman–Crippen LogP) is 2.76. The van der Waals surface area contributed by atoms with Gasteiger partial charge in [-0.2, -0.15) is 0 Å². The number of aliphatic hydroxyl groups is 2. The second-order valence-corrected chi connectivity index (χ2v) is 29.1. The number of carboxylic acid groups (broad SMARTS) is 1. The van der Waals surface area contributed by atoms with Gasteiger partial charge in [0.1, 0.15) is 47.6 Å². The predicted molar refractivity (Wildman–Crippen MR) is 386 cm³/mol. The van der Waals surface area contributed by atoms with Crippen LogP contribution in [0, 0.1) is 47.2 Å². The quantitative estimate of drug-likeness (QED) is 0.0458. The van der Waals surface area contributed by atoms with Crippen molar-refractivity contribution < 1.29 is 96.7 Å². The first-order valence-electron chi connectivity index (χ1n) is 35.9. The Bertz CT molecular complexity index is 3460. The topological polar surface area (TPSA) is 454 Å². The van der Waals surface area contributed by atoms with Crippen molar-refractivity contribution >= 4 is 105 Å². The molecule has 29 nitrogen and oxygen atoms in total. The number of carboxylic acids is 1. The lowest BCUT2D eigenvalue weighted by molar-refractivity contribution is -0.146. The number of aliphatic imine (C=N–C) groups is 1. The molecule has 0 aliphatic carbocycles. The number of nitrogens with two attached hydrogens (primary N) is 1. The van der Waals surface area contributed by atoms with Gasteiger partial charge < -0.3 is 72.7 Å². The van der Waals surface area contributed by atoms with E-state index in [1.807, 2.05) is 0 Å². The van der Waals surface area contributed by atoms with E-state index in [2.05, 4.69) is 36.9 Å². The summed E-state index contributed by atoms with van der Waals surface area (Å²) in [5.41, 5.74) is 6.30. The number of nitrogens with one attached hydrogen (secondary N) is 6. The van der Waals surface area contributed by atoms with Gasteiger partial charge in [-0.25, -0.2) is 4.39 Å². The molecule has 0 unspecified atom stereocenters. The summed E-state index contributed by atoms with van der Waals surface area (Å²) in [6, 6.07) is 0.866. The van der Waals surface area contributed by atoms with Crippen molar-refractivity contribution in [1.29, 1.82) is 0 Å². The number of phenolic OH excluding ortho intramolecular Hbond substituents is 1. The number of benzene rings is 2. The van der Waals surface area contributed by atoms with E-state index >= 15 is 4.79 Å². The smallest absolute Gasteiger partial charge is 0.306 e. The Morgan fingerprint density at radius 2 is 1.38 bits per heavy atom. The maximum Gasteiger partial charge on any atom is 0.306 e. The summed E-state index contributed by atoms with van der Waals surface area (Å²) in [5, 5.41) is 56.2. The second kappa shape index (κ2) is 42.9. The molecule has 0 aromatic heterocycles. The molecule has 0 radical (unpaired) electrons. The number of aliphatic carboxylic acids is 1. The summed E-state index contributed by atoms with van der Waals surface area (Å²) in [5.74, 6) is -21.2. The van der Waals surface area contributed by atoms with Crippen molar-refractivity contribution in [3.05, 3.63) is 65.5 Å². The van der Waals surface area contributed by atoms with E-state index in [1.54, 1.807) is 71.9 Å². The Morgan fingerprint density at radius 1 is 0.733 bits per heavy atom. The highest BCUT2D eigenvalue weighted by molar-refractivity contribution is 8.13. The van der Waals surface area contributed by atoms with E-state index in [0.29, 0.717) is 17.3 Å². The van der Waals surface area contributed by atoms with Crippen LogP contribution in [0.2, 0.25) is 0 Å². The van der Waals surface area contributed by atoms with E-state index in [-0.39, 0.29) is 93.8 Å². The number of likely N-dealkylation sites (tertiary alicyclic amines) is 1. The average Bonchev–Trinajstić information content (AvgIpc) is 1.54. The Labute approximate surface area is 616 Å². The molecule has 2 aromatic rings. The zero-order valence-electron chi connectivity index (χ0n) is 61.9. The number of Topliss-reactive ketones (excluding diaryl/α,β-unsaturated/α-hetero) is 5. The van der Waals surface area contributed by atoms with Crippen LogP contribution in [-0.4, -0.2) is 210 Å². The lowest BCUT2D eigenvalue weighted by Gasteiger charge is -2.32. The first-order valence-corrected chi connectivity index (χ1v) is 36.9. The molecular formula is C74H107FN10O19S. The minimum atomic E-state index is -1.90. The zero-order valence-corrected chi connectivity index (χ0v) is 62.7. The molecule has 31 heteroatoms. The summed E-state index contributed by atoms with van der Waals surface area (Å²) in [7, 11) is 1.41. The highest BCUT2D eigenvalue weighted by Crippen LogP contribution is 2.30. The Morgan fingerprint density at radius 3 is 1.97 bits per heavy atom. The third-order valence-electron chi connectivity index (χ3n) is 19.4. The largest absolute Gasteiger partial charge is 0.505 e. The number of carbonyl (C=O) groups excluding carboxylic acids is 14. The van der Waals surface area contributed by atoms with Crippen LogP contribution in [-0.2, 0) is 84.8 Å². The van der Waals surface area contributed by atoms with Gasteiger partial charge in [-0.1, -0.05) is 89.2 Å². The molecular weight excluding hydrogens is 1380 g/mol. The third-order valence-corrected chi connectivity index (χ3v) is 20.4. The lowest BCUT2D eigenvalue weighted by Crippen LogP contribution is -2.60. The Balaban J connectivity index is 1.86. The van der Waals surface area contributed by atoms with Gasteiger partial charge in [0, 0.05) is 88.6 Å². The number of ketones is 5. The standard InChI is InChI=1S/C74H107FN10O19S/c1-12-40(5)65-70(99)81-55(73(102)85-28-18-22-56(85)61(92)33-50(74(103)104)21-17-27-77-45(10)76)36-64(95)105-38-48(13-2)72(101)84(11)57(31-46-19-15-14-16-20-46)62(93)34-51(39(3)4)60(91)35-52(43(8)87)59(90)32-49(25-23-41(6)86)68(97)79-42(7)67(96)83-66(44(9)88)71(100)80-54(69(98)78-37-63(94)82-65)30-47-24-26-58(89)53(75)29-47/h14-16,19-20,24,26,29,39-40,42-44,48-52,54-57,65-66,87-89H,12-13,17-18,21-23,25,27-28,30-38H2,1-11H3,(H2,76,77)(H,78,98)(H,79,97)(H,80,100)(H,81,99)(H,82,94)(H,83,96)(H,103,104)/t40-,42-,43+,44+,48-,49+,50+,51-,52-,54-,55-,56-,57-,65-,66-/m0/s1. The number of hydrogen-bond donors (Lipinski definition) is 11. The minimum Gasteiger partial charge on any atom is -0.505 e. The zero-order chi connectivity index (χ0) is 78.7. The van der Waals surface area contributed by atoms with Gasteiger partial charge in [-0.05, 0) is 115 Å². The van der Waals surface area contributed by atoms with Gasteiger partial charge in [-0.15, -0.1) is 0 Å². The van der Waals surface area contributed by atoms with Crippen LogP contribution in [0.4, 0.5) is 4.39 Å². The van der Waals surface area contributed by atoms with Crippen LogP contribution in [0.5, 0.6) is 5.75 Å². The van der Waals surface area contributed by atoms with Crippen molar-refractivity contribution in [3.63, 3.8) is 0 Å². The number of amidine groups is 1. The second-order valence-electron chi connectivity index (χ2n) is 28.1. The van der Waals surface area contributed by atoms with Crippen molar-refractivity contribution in [3.8, 4) is 5.75 Å². The first-order chi connectivity index (χ1) is 49.4. The third kappa shape index (κ3) is 27.9. The molecule has 0 saturated carbocycles. The van der Waals surface area contributed by atoms with Crippen LogP contribution >= 0.6 is 11.8 Å². The van der Waals surface area contributed by atoms with Crippen LogP contribution in [0.15, 0.2) is 53.5 Å². The number of amides is 8. The molecule has 4 rings (SSSR count). The number of carbonyl (C=O) groups is 15. The number of halogens is 1. The highest BCUT2D eigenvalue weighted by Gasteiger charge is 2.43. The summed E-state index contributed by atoms with van der Waals surface area (Å²) < 4.78 is 14.8. The van der Waals surface area contributed by atoms with E-state index in [4.69, 9.17) is 5.73 Å². The molecule has 0 bridgehead atoms. The SMILES string of the molecule is CC[C@H]1CSC(=O)C[C@@H](C(=O)N2CCC[C@H]2C(=O)C[C@@H](CCCN=C(C)N)C(=O)O)NC(=O)[C@H]([C@@H](C)CC)NC(=O)CNC(=O)[C@H](Cc2ccc(O)c(F)c2)NC(=O)[C@H]([C@@H](C)O)NC(=O)[C@H](C)NC(=O)[C@H](CCC(C)=O)CC(=O)[C@H]([C@@H](C)O)CC(=O)[C@H](C(C)C)CC(=O)[C@H](Cc2ccccc2)N(C)C1=O. The molecule has 12 N–H and O–H groups in total. The molecule has 2 aromatic carbocycles. The minimum absolute atomic E-state index is 0.0106. The molecule has 15 atom stereocenters. The van der Waals surface area contributed by atoms with Crippen molar-refractivity contribution in [1.82, 2.24) is 41.7 Å². The fourth-order valence-electron chi connectivity index (χ4n) is 12.6. The molecule has 2 aliphatic heterocycles. The molecule has 2 saturated heterocycles. The van der Waals surface area contributed by atoms with Gasteiger partial charge >= 0.3 is 5.97 Å². The van der Waals surface area contributed by atoms with Crippen LogP contribution in [0.25, 0.3) is 0 Å². The summed E-state index contributed by atoms with van der Waals surface area (Å²) in [4.78, 5) is 219. The number of rotatable bonds is 22. The van der Waals surface area contributed by atoms with Gasteiger partial charge in [0.15, 0.2) is 28.2 Å². The van der Waals surface area contributed by atoms with E-state index < -0.39 is 234 Å². The maximum atomic E-state index is 15.1. The summed E-state index contributed by atoms with van der Waals surface area (Å²) in [6.45, 7) is 13.9. The molecule has 2 heterocycles. The first kappa shape index (κ1) is 88.6. The normalized spacial score (nSPS) is 25.6. The molecule has 105 heavy (non-hydrogen) atoms. The number of hydrogen-bond acceptors (Lipinski definition) is 20. The molecule has 8 amide bonds. The number of thioether (sulfide) groups is 1. The average molecular weight is 1490 g/mol. The van der Waals surface area contributed by atoms with Crippen molar-refractivity contribution in [2.45, 2.75) is 220 Å². The highest BCUT2D eigenvalue weighted by atomic mass is 32.2. The van der Waals surface area contributed by atoms with E-state index in [9.17, 15) is 91.9 Å². The monoisotopic (exact) mass is 1490 g/mol. The number of phenols is 1. The fourth-order valence-corrected chi connectivity index (χ4v) is 13.7. The van der Waals surface area contributed by atoms with Gasteiger partial charge in [-0.3, -0.25) is 72.1 Å². The molecule has 2 aliphatic rings. The fraction of sp³-hybridized carbons (Fsp3) is 0.622. The van der Waals surface area contributed by atoms with Crippen LogP contribution < -0.4 is 37.6 Å². The number of aromatic hydroxyl groups is 1. The Hall–Kier alpha value is -8.84. The number of nitrogens with zero attached hydrogens (tertiary/aromatic N) is 3. The Kier molecular flexibility index (Phi) is 36.2. The van der Waals surface area contributed by atoms with Gasteiger partial charge in [0.2, 0.25) is 47.3 Å². The summed E-state index contributed by atoms with van der Waals surface area (Å²) >= 11 is 0.648. The van der Waals surface area contributed by atoms with Crippen LogP contribution in [0.1, 0.15) is 164 Å². The lowest BCUT2D eigenvalue weighted by atomic mass is 9.78. The summed E-state index contributed by atoms with van der Waals surface area (Å²) in [6.07, 6.45) is -6.18. The van der Waals surface area contributed by atoms with E-state index in [0.717, 1.165) is 19.1 Å². The van der Waals surface area contributed by atoms with Gasteiger partial charge in [0.25, 0.3) is 0 Å². The molecule has 0 spiro atoms. The maximum absolute atomic E-state index is 15.1. The van der Waals surface area contributed by atoms with Crippen LogP contribution in [0.3, 0.4) is 0 Å². The van der Waals surface area contributed by atoms with Crippen molar-refractivity contribution in [2.24, 2.45) is 52.2 Å². The number of likely N-dealkylation sites (N-methyl/N-ethyl adjacent to an activating group) is 1. The molecule has 580 valence electrons. The van der Waals surface area contributed by atoms with Crippen molar-refractivity contribution in [2.75, 3.05) is 32.4 Å². The van der Waals surface area contributed by atoms with Gasteiger partial charge in [0.05, 0.1) is 48.5 Å². The molecule has 2 fully saturated rings. The van der Waals surface area contributed by atoms with E-state index in [1.165, 1.54) is 43.7 Å². The number of aliphatic hydroxyl groups excluding tert-OH is 2.